The van der Waals surface area contributed by atoms with Crippen molar-refractivity contribution in [3.05, 3.63) is 34.8 Å². The van der Waals surface area contributed by atoms with Gasteiger partial charge in [0, 0.05) is 24.0 Å². The lowest BCUT2D eigenvalue weighted by molar-refractivity contribution is 0.598. The lowest BCUT2D eigenvalue weighted by Crippen LogP contribution is -2.14. The van der Waals surface area contributed by atoms with E-state index in [9.17, 15) is 8.42 Å². The number of rotatable bonds is 5. The molecule has 1 atom stereocenters. The highest BCUT2D eigenvalue weighted by molar-refractivity contribution is 7.89. The Kier molecular flexibility index (Phi) is 4.26. The zero-order valence-corrected chi connectivity index (χ0v) is 12.5. The van der Waals surface area contributed by atoms with Crippen LogP contribution < -0.4 is 16.2 Å². The molecule has 0 aliphatic rings. The average molecular weight is 312 g/mol. The number of nitrogens with one attached hydrogen (secondary N) is 1. The van der Waals surface area contributed by atoms with Crippen LogP contribution in [-0.2, 0) is 10.0 Å². The molecular formula is C12H16N4O2S2. The molecule has 108 valence electrons. The van der Waals surface area contributed by atoms with Crippen LogP contribution in [0.4, 0.5) is 11.4 Å². The normalized spacial score (nSPS) is 13.1. The predicted octanol–water partition coefficient (Wildman–Crippen LogP) is 1.59. The molecule has 0 spiro atoms. The standard InChI is InChI=1S/C12H16N4O2S2/c1-8(12-15-4-5-19-12)7-16-11-3-2-9(6-10(11)13)20(14,17)18/h2-6,8,16H,7,13H2,1H3,(H2,14,17,18). The maximum atomic E-state index is 11.2. The first-order valence-corrected chi connectivity index (χ1v) is 8.36. The molecule has 0 saturated carbocycles. The minimum absolute atomic E-state index is 0.00789. The SMILES string of the molecule is CC(CNc1ccc(S(N)(=O)=O)cc1N)c1nccs1. The van der Waals surface area contributed by atoms with Crippen LogP contribution in [0.3, 0.4) is 0 Å². The van der Waals surface area contributed by atoms with Crippen LogP contribution in [0.5, 0.6) is 0 Å². The molecule has 1 unspecified atom stereocenters. The van der Waals surface area contributed by atoms with E-state index in [0.29, 0.717) is 17.9 Å². The number of nitrogen functional groups attached to an aromatic ring is 1. The van der Waals surface area contributed by atoms with E-state index < -0.39 is 10.0 Å². The van der Waals surface area contributed by atoms with Crippen molar-refractivity contribution in [2.45, 2.75) is 17.7 Å². The van der Waals surface area contributed by atoms with Gasteiger partial charge in [0.25, 0.3) is 0 Å². The Morgan fingerprint density at radius 3 is 2.75 bits per heavy atom. The Labute approximate surface area is 121 Å². The molecule has 0 saturated heterocycles. The molecule has 8 heteroatoms. The molecule has 1 aromatic heterocycles. The van der Waals surface area contributed by atoms with Crippen molar-refractivity contribution in [1.29, 1.82) is 0 Å². The molecule has 0 fully saturated rings. The minimum Gasteiger partial charge on any atom is -0.397 e. The van der Waals surface area contributed by atoms with Gasteiger partial charge in [0.1, 0.15) is 0 Å². The smallest absolute Gasteiger partial charge is 0.238 e. The number of anilines is 2. The summed E-state index contributed by atoms with van der Waals surface area (Å²) in [5, 5.41) is 11.2. The number of hydrogen-bond donors (Lipinski definition) is 3. The molecule has 0 amide bonds. The topological polar surface area (TPSA) is 111 Å². The van der Waals surface area contributed by atoms with Crippen LogP contribution >= 0.6 is 11.3 Å². The largest absolute Gasteiger partial charge is 0.397 e. The van der Waals surface area contributed by atoms with E-state index >= 15 is 0 Å². The van der Waals surface area contributed by atoms with Crippen LogP contribution in [-0.4, -0.2) is 19.9 Å². The van der Waals surface area contributed by atoms with Crippen molar-refractivity contribution in [2.24, 2.45) is 5.14 Å². The zero-order valence-electron chi connectivity index (χ0n) is 10.9. The van der Waals surface area contributed by atoms with E-state index in [1.807, 2.05) is 5.38 Å². The number of hydrogen-bond acceptors (Lipinski definition) is 6. The number of primary sulfonamides is 1. The van der Waals surface area contributed by atoms with Gasteiger partial charge in [-0.05, 0) is 18.2 Å². The van der Waals surface area contributed by atoms with Gasteiger partial charge < -0.3 is 11.1 Å². The number of aromatic nitrogens is 1. The fraction of sp³-hybridized carbons (Fsp3) is 0.250. The van der Waals surface area contributed by atoms with Crippen molar-refractivity contribution < 1.29 is 8.42 Å². The second-order valence-electron chi connectivity index (χ2n) is 4.45. The van der Waals surface area contributed by atoms with Gasteiger partial charge in [-0.2, -0.15) is 0 Å². The van der Waals surface area contributed by atoms with Gasteiger partial charge in [-0.1, -0.05) is 6.92 Å². The highest BCUT2D eigenvalue weighted by Crippen LogP contribution is 2.24. The quantitative estimate of drug-likeness (QED) is 0.726. The molecule has 2 rings (SSSR count). The molecule has 0 radical (unpaired) electrons. The van der Waals surface area contributed by atoms with Gasteiger partial charge in [-0.15, -0.1) is 11.3 Å². The summed E-state index contributed by atoms with van der Waals surface area (Å²) >= 11 is 1.60. The number of nitrogens with zero attached hydrogens (tertiary/aromatic N) is 1. The summed E-state index contributed by atoms with van der Waals surface area (Å²) in [7, 11) is -3.72. The van der Waals surface area contributed by atoms with Gasteiger partial charge in [0.05, 0.1) is 21.3 Å². The first-order valence-electron chi connectivity index (χ1n) is 5.93. The van der Waals surface area contributed by atoms with Crippen molar-refractivity contribution >= 4 is 32.7 Å². The lowest BCUT2D eigenvalue weighted by atomic mass is 10.2. The fourth-order valence-corrected chi connectivity index (χ4v) is 2.95. The predicted molar refractivity (Wildman–Crippen MR) is 81.2 cm³/mol. The summed E-state index contributed by atoms with van der Waals surface area (Å²) in [5.41, 5.74) is 6.86. The Bertz CT molecular complexity index is 683. The highest BCUT2D eigenvalue weighted by Gasteiger charge is 2.12. The summed E-state index contributed by atoms with van der Waals surface area (Å²) in [4.78, 5) is 4.26. The first-order chi connectivity index (χ1) is 9.38. The molecule has 2 aromatic rings. The van der Waals surface area contributed by atoms with Gasteiger partial charge in [0.2, 0.25) is 10.0 Å². The van der Waals surface area contributed by atoms with Gasteiger partial charge in [-0.25, -0.2) is 18.5 Å². The third-order valence-corrected chi connectivity index (χ3v) is 4.74. The summed E-state index contributed by atoms with van der Waals surface area (Å²) < 4.78 is 22.4. The Hall–Kier alpha value is -1.64. The number of nitrogens with two attached hydrogens (primary N) is 2. The van der Waals surface area contributed by atoms with Gasteiger partial charge >= 0.3 is 0 Å². The molecule has 20 heavy (non-hydrogen) atoms. The second kappa shape index (κ2) is 5.78. The van der Waals surface area contributed by atoms with E-state index in [1.54, 1.807) is 23.6 Å². The van der Waals surface area contributed by atoms with Crippen LogP contribution in [0, 0.1) is 0 Å². The van der Waals surface area contributed by atoms with Crippen molar-refractivity contribution in [3.63, 3.8) is 0 Å². The van der Waals surface area contributed by atoms with Gasteiger partial charge in [-0.3, -0.25) is 0 Å². The number of thiazole rings is 1. The lowest BCUT2D eigenvalue weighted by Gasteiger charge is -2.13. The van der Waals surface area contributed by atoms with Crippen molar-refractivity contribution in [2.75, 3.05) is 17.6 Å². The molecule has 0 bridgehead atoms. The molecule has 1 aromatic carbocycles. The molecule has 5 N–H and O–H groups in total. The molecule has 0 aliphatic carbocycles. The first kappa shape index (κ1) is 14.8. The molecule has 0 aliphatic heterocycles. The average Bonchev–Trinajstić information content (AvgIpc) is 2.89. The van der Waals surface area contributed by atoms with Crippen LogP contribution in [0.1, 0.15) is 17.8 Å². The molecule has 1 heterocycles. The highest BCUT2D eigenvalue weighted by atomic mass is 32.2. The zero-order chi connectivity index (χ0) is 14.8. The minimum atomic E-state index is -3.72. The van der Waals surface area contributed by atoms with Crippen LogP contribution in [0.25, 0.3) is 0 Å². The van der Waals surface area contributed by atoms with E-state index in [-0.39, 0.29) is 10.8 Å². The third kappa shape index (κ3) is 3.47. The molecule has 6 nitrogen and oxygen atoms in total. The Morgan fingerprint density at radius 2 is 2.20 bits per heavy atom. The van der Waals surface area contributed by atoms with Crippen molar-refractivity contribution in [1.82, 2.24) is 4.98 Å². The Morgan fingerprint density at radius 1 is 1.45 bits per heavy atom. The van der Waals surface area contributed by atoms with Crippen LogP contribution in [0.15, 0.2) is 34.7 Å². The summed E-state index contributed by atoms with van der Waals surface area (Å²) in [6.07, 6.45) is 1.77. The van der Waals surface area contributed by atoms with E-state index in [2.05, 4.69) is 17.2 Å². The molecular weight excluding hydrogens is 296 g/mol. The van der Waals surface area contributed by atoms with E-state index in [0.717, 1.165) is 5.01 Å². The van der Waals surface area contributed by atoms with E-state index in [1.165, 1.54) is 12.1 Å². The van der Waals surface area contributed by atoms with E-state index in [4.69, 9.17) is 10.9 Å². The number of benzene rings is 1. The maximum absolute atomic E-state index is 11.2. The summed E-state index contributed by atoms with van der Waals surface area (Å²) in [6.45, 7) is 2.72. The Balaban J connectivity index is 2.07. The van der Waals surface area contributed by atoms with Gasteiger partial charge in [0.15, 0.2) is 0 Å². The monoisotopic (exact) mass is 312 g/mol. The van der Waals surface area contributed by atoms with Crippen molar-refractivity contribution in [3.8, 4) is 0 Å². The third-order valence-electron chi connectivity index (χ3n) is 2.82. The summed E-state index contributed by atoms with van der Waals surface area (Å²) in [5.74, 6) is 0.243. The maximum Gasteiger partial charge on any atom is 0.238 e. The second-order valence-corrected chi connectivity index (χ2v) is 6.93. The summed E-state index contributed by atoms with van der Waals surface area (Å²) in [6, 6.07) is 4.40. The van der Waals surface area contributed by atoms with Crippen LogP contribution in [0.2, 0.25) is 0 Å². The number of sulfonamides is 1. The fourth-order valence-electron chi connectivity index (χ4n) is 1.71.